The Bertz CT molecular complexity index is 599. The van der Waals surface area contributed by atoms with E-state index in [0.717, 1.165) is 6.42 Å². The molecular weight excluding hydrogens is 278 g/mol. The summed E-state index contributed by atoms with van der Waals surface area (Å²) in [5.41, 5.74) is 6.50. The first-order valence-corrected chi connectivity index (χ1v) is 7.35. The molecule has 2 atom stereocenters. The number of para-hydroxylation sites is 1. The second kappa shape index (κ2) is 7.56. The van der Waals surface area contributed by atoms with Gasteiger partial charge in [-0.2, -0.15) is 0 Å². The van der Waals surface area contributed by atoms with Gasteiger partial charge >= 0.3 is 0 Å². The fraction of sp³-hybridized carbons (Fsp3) is 0.294. The molecule has 1 amide bonds. The SMILES string of the molecule is CCC(C)C(N)C(=O)Nc1ccc(Oc2ccccc2)nc1. The zero-order valence-corrected chi connectivity index (χ0v) is 12.8. The minimum atomic E-state index is -0.523. The van der Waals surface area contributed by atoms with Crippen molar-refractivity contribution in [3.05, 3.63) is 48.7 Å². The molecule has 0 aliphatic heterocycles. The molecule has 116 valence electrons. The van der Waals surface area contributed by atoms with Crippen LogP contribution in [0.4, 0.5) is 5.69 Å². The lowest BCUT2D eigenvalue weighted by molar-refractivity contribution is -0.118. The fourth-order valence-electron chi connectivity index (χ4n) is 1.86. The molecule has 0 aliphatic rings. The van der Waals surface area contributed by atoms with Crippen LogP contribution in [-0.4, -0.2) is 16.9 Å². The number of rotatable bonds is 6. The molecule has 3 N–H and O–H groups in total. The molecule has 1 aromatic heterocycles. The topological polar surface area (TPSA) is 77.2 Å². The van der Waals surface area contributed by atoms with Crippen molar-refractivity contribution < 1.29 is 9.53 Å². The Morgan fingerprint density at radius 2 is 2.00 bits per heavy atom. The minimum Gasteiger partial charge on any atom is -0.439 e. The van der Waals surface area contributed by atoms with Gasteiger partial charge in [0.05, 0.1) is 17.9 Å². The van der Waals surface area contributed by atoms with E-state index in [1.165, 1.54) is 0 Å². The van der Waals surface area contributed by atoms with E-state index in [1.807, 2.05) is 44.2 Å². The number of carbonyl (C=O) groups is 1. The van der Waals surface area contributed by atoms with E-state index in [-0.39, 0.29) is 11.8 Å². The predicted molar refractivity (Wildman–Crippen MR) is 86.8 cm³/mol. The van der Waals surface area contributed by atoms with Gasteiger partial charge < -0.3 is 15.8 Å². The summed E-state index contributed by atoms with van der Waals surface area (Å²) in [6, 6.07) is 12.3. The van der Waals surface area contributed by atoms with Gasteiger partial charge in [0.1, 0.15) is 5.75 Å². The van der Waals surface area contributed by atoms with E-state index in [0.29, 0.717) is 17.3 Å². The summed E-state index contributed by atoms with van der Waals surface area (Å²) in [5, 5.41) is 2.77. The Morgan fingerprint density at radius 1 is 1.27 bits per heavy atom. The molecule has 0 fully saturated rings. The molecule has 0 aliphatic carbocycles. The predicted octanol–water partition coefficient (Wildman–Crippen LogP) is 3.19. The van der Waals surface area contributed by atoms with Crippen molar-refractivity contribution in [3.8, 4) is 11.6 Å². The standard InChI is InChI=1S/C17H21N3O2/c1-3-12(2)16(18)17(21)20-13-9-10-15(19-11-13)22-14-7-5-4-6-8-14/h4-12,16H,3,18H2,1-2H3,(H,20,21). The maximum Gasteiger partial charge on any atom is 0.241 e. The Balaban J connectivity index is 1.96. The van der Waals surface area contributed by atoms with Crippen molar-refractivity contribution in [3.63, 3.8) is 0 Å². The van der Waals surface area contributed by atoms with Crippen LogP contribution in [0.1, 0.15) is 20.3 Å². The molecule has 0 spiro atoms. The molecule has 1 heterocycles. The summed E-state index contributed by atoms with van der Waals surface area (Å²) in [5.74, 6) is 1.11. The average Bonchev–Trinajstić information content (AvgIpc) is 2.56. The zero-order valence-electron chi connectivity index (χ0n) is 12.8. The summed E-state index contributed by atoms with van der Waals surface area (Å²) in [7, 11) is 0. The molecular formula is C17H21N3O2. The molecule has 2 rings (SSSR count). The van der Waals surface area contributed by atoms with Gasteiger partial charge in [0.15, 0.2) is 0 Å². The van der Waals surface area contributed by atoms with Crippen molar-refractivity contribution in [2.75, 3.05) is 5.32 Å². The summed E-state index contributed by atoms with van der Waals surface area (Å²) in [6.45, 7) is 3.97. The highest BCUT2D eigenvalue weighted by molar-refractivity contribution is 5.94. The van der Waals surface area contributed by atoms with E-state index in [9.17, 15) is 4.79 Å². The van der Waals surface area contributed by atoms with Crippen molar-refractivity contribution in [2.24, 2.45) is 11.7 Å². The first-order chi connectivity index (χ1) is 10.6. The Morgan fingerprint density at radius 3 is 2.59 bits per heavy atom. The van der Waals surface area contributed by atoms with Crippen LogP contribution in [0.15, 0.2) is 48.7 Å². The third-order valence-electron chi connectivity index (χ3n) is 3.53. The van der Waals surface area contributed by atoms with Crippen LogP contribution in [0.5, 0.6) is 11.6 Å². The zero-order chi connectivity index (χ0) is 15.9. The Kier molecular flexibility index (Phi) is 5.49. The Labute approximate surface area is 130 Å². The summed E-state index contributed by atoms with van der Waals surface area (Å²) >= 11 is 0. The monoisotopic (exact) mass is 299 g/mol. The lowest BCUT2D eigenvalue weighted by Gasteiger charge is -2.17. The highest BCUT2D eigenvalue weighted by atomic mass is 16.5. The van der Waals surface area contributed by atoms with Gasteiger partial charge in [-0.25, -0.2) is 4.98 Å². The minimum absolute atomic E-state index is 0.133. The van der Waals surface area contributed by atoms with Crippen LogP contribution in [0.3, 0.4) is 0 Å². The molecule has 22 heavy (non-hydrogen) atoms. The highest BCUT2D eigenvalue weighted by Crippen LogP contribution is 2.20. The van der Waals surface area contributed by atoms with E-state index in [1.54, 1.807) is 18.3 Å². The van der Waals surface area contributed by atoms with Crippen molar-refractivity contribution in [1.82, 2.24) is 4.98 Å². The van der Waals surface area contributed by atoms with Crippen molar-refractivity contribution in [1.29, 1.82) is 0 Å². The van der Waals surface area contributed by atoms with E-state index in [4.69, 9.17) is 10.5 Å². The quantitative estimate of drug-likeness (QED) is 0.858. The fourth-order valence-corrected chi connectivity index (χ4v) is 1.86. The number of anilines is 1. The van der Waals surface area contributed by atoms with Gasteiger partial charge in [-0.05, 0) is 24.1 Å². The van der Waals surface area contributed by atoms with Gasteiger partial charge in [0.25, 0.3) is 0 Å². The van der Waals surface area contributed by atoms with Crippen LogP contribution in [0.25, 0.3) is 0 Å². The molecule has 0 saturated heterocycles. The van der Waals surface area contributed by atoms with Gasteiger partial charge in [-0.1, -0.05) is 38.5 Å². The van der Waals surface area contributed by atoms with E-state index >= 15 is 0 Å². The van der Waals surface area contributed by atoms with Crippen LogP contribution < -0.4 is 15.8 Å². The first kappa shape index (κ1) is 16.0. The highest BCUT2D eigenvalue weighted by Gasteiger charge is 2.19. The summed E-state index contributed by atoms with van der Waals surface area (Å²) in [6.07, 6.45) is 2.41. The van der Waals surface area contributed by atoms with Crippen LogP contribution in [-0.2, 0) is 4.79 Å². The Hall–Kier alpha value is -2.40. The number of nitrogens with two attached hydrogens (primary N) is 1. The van der Waals surface area contributed by atoms with E-state index < -0.39 is 6.04 Å². The van der Waals surface area contributed by atoms with Crippen LogP contribution >= 0.6 is 0 Å². The molecule has 0 radical (unpaired) electrons. The van der Waals surface area contributed by atoms with Crippen LogP contribution in [0, 0.1) is 5.92 Å². The number of pyridine rings is 1. The number of benzene rings is 1. The van der Waals surface area contributed by atoms with E-state index in [2.05, 4.69) is 10.3 Å². The molecule has 5 heteroatoms. The third-order valence-corrected chi connectivity index (χ3v) is 3.53. The molecule has 0 bridgehead atoms. The molecule has 2 unspecified atom stereocenters. The first-order valence-electron chi connectivity index (χ1n) is 7.35. The third kappa shape index (κ3) is 4.30. The second-order valence-electron chi connectivity index (χ2n) is 5.20. The lowest BCUT2D eigenvalue weighted by Crippen LogP contribution is -2.40. The largest absolute Gasteiger partial charge is 0.439 e. The summed E-state index contributed by atoms with van der Waals surface area (Å²) in [4.78, 5) is 16.2. The molecule has 2 aromatic rings. The number of carbonyl (C=O) groups excluding carboxylic acids is 1. The maximum atomic E-state index is 12.0. The number of nitrogens with zero attached hydrogens (tertiary/aromatic N) is 1. The number of ether oxygens (including phenoxy) is 1. The maximum absolute atomic E-state index is 12.0. The normalized spacial score (nSPS) is 13.2. The average molecular weight is 299 g/mol. The number of hydrogen-bond acceptors (Lipinski definition) is 4. The van der Waals surface area contributed by atoms with Crippen LogP contribution in [0.2, 0.25) is 0 Å². The molecule has 5 nitrogen and oxygen atoms in total. The van der Waals surface area contributed by atoms with Gasteiger partial charge in [0.2, 0.25) is 11.8 Å². The van der Waals surface area contributed by atoms with Crippen molar-refractivity contribution >= 4 is 11.6 Å². The number of nitrogens with one attached hydrogen (secondary N) is 1. The number of aromatic nitrogens is 1. The smallest absolute Gasteiger partial charge is 0.241 e. The number of amides is 1. The summed E-state index contributed by atoms with van der Waals surface area (Å²) < 4.78 is 5.59. The van der Waals surface area contributed by atoms with Gasteiger partial charge in [-0.3, -0.25) is 4.79 Å². The van der Waals surface area contributed by atoms with Gasteiger partial charge in [0, 0.05) is 6.07 Å². The lowest BCUT2D eigenvalue weighted by atomic mass is 9.99. The number of hydrogen-bond donors (Lipinski definition) is 2. The molecule has 1 aromatic carbocycles. The van der Waals surface area contributed by atoms with Crippen molar-refractivity contribution in [2.45, 2.75) is 26.3 Å². The van der Waals surface area contributed by atoms with Gasteiger partial charge in [-0.15, -0.1) is 0 Å². The second-order valence-corrected chi connectivity index (χ2v) is 5.20. The molecule has 0 saturated carbocycles.